The number of aliphatic hydroxyl groups excluding tert-OH is 1. The fourth-order valence-electron chi connectivity index (χ4n) is 3.44. The van der Waals surface area contributed by atoms with Crippen LogP contribution < -0.4 is 11.1 Å². The first-order chi connectivity index (χ1) is 16.4. The SMILES string of the molecule is NCC(O)CN(C(=O)O)C(=O)[C@@H](Cc1ccc2ccccc2c1)NC(=O)OCc1ccccc1. The standard InChI is InChI=1S/C25H27N3O6/c26-14-21(29)15-28(25(32)33)23(30)22(27-24(31)34-16-17-6-2-1-3-7-17)13-18-10-11-19-8-4-5-9-20(19)12-18/h1-12,21-22,29H,13-16,26H2,(H,27,31)(H,32,33)/t21?,22-/m1/s1. The summed E-state index contributed by atoms with van der Waals surface area (Å²) in [6.07, 6.45) is -3.63. The van der Waals surface area contributed by atoms with Gasteiger partial charge < -0.3 is 26.0 Å². The summed E-state index contributed by atoms with van der Waals surface area (Å²) in [4.78, 5) is 37.8. The lowest BCUT2D eigenvalue weighted by molar-refractivity contribution is -0.132. The van der Waals surface area contributed by atoms with Crippen LogP contribution in [0, 0.1) is 0 Å². The maximum Gasteiger partial charge on any atom is 0.414 e. The first kappa shape index (κ1) is 24.7. The van der Waals surface area contributed by atoms with E-state index in [-0.39, 0.29) is 19.6 Å². The Bertz CT molecular complexity index is 1140. The van der Waals surface area contributed by atoms with Crippen molar-refractivity contribution in [1.29, 1.82) is 0 Å². The predicted octanol–water partition coefficient (Wildman–Crippen LogP) is 2.50. The van der Waals surface area contributed by atoms with Crippen LogP contribution in [-0.2, 0) is 22.6 Å². The molecule has 3 amide bonds. The molecule has 3 aromatic rings. The monoisotopic (exact) mass is 465 g/mol. The number of ether oxygens (including phenoxy) is 1. The third-order valence-corrected chi connectivity index (χ3v) is 5.22. The lowest BCUT2D eigenvalue weighted by Crippen LogP contribution is -2.53. The van der Waals surface area contributed by atoms with Gasteiger partial charge in [0.15, 0.2) is 0 Å². The van der Waals surface area contributed by atoms with Gasteiger partial charge in [-0.25, -0.2) is 14.5 Å². The summed E-state index contributed by atoms with van der Waals surface area (Å²) in [5.41, 5.74) is 6.85. The molecule has 0 bridgehead atoms. The van der Waals surface area contributed by atoms with Crippen molar-refractivity contribution in [3.63, 3.8) is 0 Å². The van der Waals surface area contributed by atoms with Gasteiger partial charge in [0.1, 0.15) is 12.6 Å². The number of nitrogens with zero attached hydrogens (tertiary/aromatic N) is 1. The first-order valence-electron chi connectivity index (χ1n) is 10.7. The van der Waals surface area contributed by atoms with Crippen LogP contribution in [0.15, 0.2) is 72.8 Å². The molecular formula is C25H27N3O6. The van der Waals surface area contributed by atoms with Crippen LogP contribution in [0.1, 0.15) is 11.1 Å². The molecule has 2 atom stereocenters. The number of nitrogens with one attached hydrogen (secondary N) is 1. The molecule has 0 aliphatic carbocycles. The molecule has 34 heavy (non-hydrogen) atoms. The number of amides is 3. The minimum absolute atomic E-state index is 0.0158. The molecule has 0 fully saturated rings. The van der Waals surface area contributed by atoms with Gasteiger partial charge in [-0.05, 0) is 21.9 Å². The van der Waals surface area contributed by atoms with Gasteiger partial charge in [0, 0.05) is 13.0 Å². The minimum atomic E-state index is -1.56. The number of nitrogens with two attached hydrogens (primary N) is 1. The zero-order valence-corrected chi connectivity index (χ0v) is 18.5. The van der Waals surface area contributed by atoms with E-state index in [1.807, 2.05) is 42.5 Å². The zero-order valence-electron chi connectivity index (χ0n) is 18.5. The molecule has 178 valence electrons. The van der Waals surface area contributed by atoms with Crippen LogP contribution in [-0.4, -0.2) is 58.4 Å². The van der Waals surface area contributed by atoms with Gasteiger partial charge in [-0.1, -0.05) is 72.8 Å². The van der Waals surface area contributed by atoms with Crippen molar-refractivity contribution >= 4 is 28.9 Å². The molecule has 0 heterocycles. The number of alkyl carbamates (subject to hydrolysis) is 1. The van der Waals surface area contributed by atoms with Crippen molar-refractivity contribution in [1.82, 2.24) is 10.2 Å². The molecule has 3 aromatic carbocycles. The smallest absolute Gasteiger partial charge is 0.414 e. The summed E-state index contributed by atoms with van der Waals surface area (Å²) >= 11 is 0. The third-order valence-electron chi connectivity index (χ3n) is 5.22. The second-order valence-electron chi connectivity index (χ2n) is 7.77. The van der Waals surface area contributed by atoms with Gasteiger partial charge in [0.25, 0.3) is 5.91 Å². The minimum Gasteiger partial charge on any atom is -0.465 e. The lowest BCUT2D eigenvalue weighted by atomic mass is 10.0. The Hall–Kier alpha value is -3.95. The number of hydrogen-bond acceptors (Lipinski definition) is 6. The van der Waals surface area contributed by atoms with Gasteiger partial charge in [0.05, 0.1) is 12.6 Å². The predicted molar refractivity (Wildman–Crippen MR) is 126 cm³/mol. The summed E-state index contributed by atoms with van der Waals surface area (Å²) in [7, 11) is 0. The van der Waals surface area contributed by atoms with Crippen molar-refractivity contribution in [3.8, 4) is 0 Å². The van der Waals surface area contributed by atoms with E-state index in [1.54, 1.807) is 30.3 Å². The fourth-order valence-corrected chi connectivity index (χ4v) is 3.44. The van der Waals surface area contributed by atoms with Crippen molar-refractivity contribution in [2.75, 3.05) is 13.1 Å². The molecular weight excluding hydrogens is 438 g/mol. The molecule has 0 aromatic heterocycles. The highest BCUT2D eigenvalue weighted by molar-refractivity contribution is 5.96. The number of rotatable bonds is 9. The van der Waals surface area contributed by atoms with E-state index in [0.29, 0.717) is 10.5 Å². The molecule has 0 saturated carbocycles. The Kier molecular flexibility index (Phi) is 8.55. The first-order valence-corrected chi connectivity index (χ1v) is 10.7. The van der Waals surface area contributed by atoms with E-state index in [0.717, 1.165) is 16.3 Å². The summed E-state index contributed by atoms with van der Waals surface area (Å²) in [6.45, 7) is -0.753. The van der Waals surface area contributed by atoms with Gasteiger partial charge in [0.2, 0.25) is 0 Å². The highest BCUT2D eigenvalue weighted by Gasteiger charge is 2.32. The Labute approximate surface area is 196 Å². The van der Waals surface area contributed by atoms with Crippen molar-refractivity contribution in [3.05, 3.63) is 83.9 Å². The number of carboxylic acid groups (broad SMARTS) is 1. The molecule has 9 heteroatoms. The summed E-state index contributed by atoms with van der Waals surface area (Å²) in [5, 5.41) is 23.8. The number of fused-ring (bicyclic) bond motifs is 1. The Morgan fingerprint density at radius 1 is 0.941 bits per heavy atom. The van der Waals surface area contributed by atoms with E-state index < -0.39 is 36.8 Å². The van der Waals surface area contributed by atoms with E-state index in [1.165, 1.54) is 0 Å². The Morgan fingerprint density at radius 2 is 1.62 bits per heavy atom. The van der Waals surface area contributed by atoms with E-state index in [2.05, 4.69) is 5.32 Å². The Balaban J connectivity index is 1.80. The fraction of sp³-hybridized carbons (Fsp3) is 0.240. The van der Waals surface area contributed by atoms with E-state index >= 15 is 0 Å². The maximum atomic E-state index is 13.1. The molecule has 9 nitrogen and oxygen atoms in total. The van der Waals surface area contributed by atoms with Crippen molar-refractivity contribution in [2.24, 2.45) is 5.73 Å². The topological polar surface area (TPSA) is 142 Å². The highest BCUT2D eigenvalue weighted by Crippen LogP contribution is 2.17. The van der Waals surface area contributed by atoms with Gasteiger partial charge >= 0.3 is 12.2 Å². The molecule has 1 unspecified atom stereocenters. The largest absolute Gasteiger partial charge is 0.465 e. The van der Waals surface area contributed by atoms with E-state index in [9.17, 15) is 24.6 Å². The van der Waals surface area contributed by atoms with Gasteiger partial charge in [-0.3, -0.25) is 4.79 Å². The maximum absolute atomic E-state index is 13.1. The number of imide groups is 1. The lowest BCUT2D eigenvalue weighted by Gasteiger charge is -2.25. The molecule has 3 rings (SSSR count). The number of aliphatic hydroxyl groups is 1. The average molecular weight is 466 g/mol. The van der Waals surface area contributed by atoms with Crippen LogP contribution in [0.2, 0.25) is 0 Å². The molecule has 0 radical (unpaired) electrons. The number of benzene rings is 3. The Morgan fingerprint density at radius 3 is 2.29 bits per heavy atom. The molecule has 5 N–H and O–H groups in total. The van der Waals surface area contributed by atoms with Gasteiger partial charge in [-0.2, -0.15) is 0 Å². The summed E-state index contributed by atoms with van der Waals surface area (Å²) in [5.74, 6) is -0.898. The quantitative estimate of drug-likeness (QED) is 0.380. The van der Waals surface area contributed by atoms with Crippen LogP contribution in [0.4, 0.5) is 9.59 Å². The van der Waals surface area contributed by atoms with Crippen LogP contribution in [0.25, 0.3) is 10.8 Å². The molecule has 0 aliphatic heterocycles. The van der Waals surface area contributed by atoms with Gasteiger partial charge in [-0.15, -0.1) is 0 Å². The number of hydrogen-bond donors (Lipinski definition) is 4. The van der Waals surface area contributed by atoms with Crippen LogP contribution >= 0.6 is 0 Å². The third kappa shape index (κ3) is 6.77. The molecule has 0 saturated heterocycles. The second kappa shape index (κ2) is 11.8. The highest BCUT2D eigenvalue weighted by atomic mass is 16.5. The second-order valence-corrected chi connectivity index (χ2v) is 7.77. The average Bonchev–Trinajstić information content (AvgIpc) is 2.85. The number of carbonyl (C=O) groups excluding carboxylic acids is 2. The van der Waals surface area contributed by atoms with Crippen molar-refractivity contribution < 1.29 is 29.3 Å². The van der Waals surface area contributed by atoms with Crippen LogP contribution in [0.5, 0.6) is 0 Å². The van der Waals surface area contributed by atoms with Crippen molar-refractivity contribution in [2.45, 2.75) is 25.2 Å². The number of carbonyl (C=O) groups is 3. The van der Waals surface area contributed by atoms with Crippen LogP contribution in [0.3, 0.4) is 0 Å². The summed E-state index contributed by atoms with van der Waals surface area (Å²) in [6, 6.07) is 21.0. The molecule has 0 spiro atoms. The summed E-state index contributed by atoms with van der Waals surface area (Å²) < 4.78 is 5.22. The van der Waals surface area contributed by atoms with E-state index in [4.69, 9.17) is 10.5 Å². The zero-order chi connectivity index (χ0) is 24.5. The molecule has 0 aliphatic rings. The normalized spacial score (nSPS) is 12.5.